The third-order valence-electron chi connectivity index (χ3n) is 2.50. The normalized spacial score (nSPS) is 10.7. The number of H-pyrrole nitrogens is 1. The van der Waals surface area contributed by atoms with Gasteiger partial charge in [0.1, 0.15) is 10.3 Å². The molecule has 0 bridgehead atoms. The average molecular weight is 363 g/mol. The molecular formula is C12H9BrF2N2O4. The molecule has 9 heteroatoms. The Hall–Kier alpha value is -2.16. The van der Waals surface area contributed by atoms with Gasteiger partial charge >= 0.3 is 6.61 Å². The zero-order valence-electron chi connectivity index (χ0n) is 10.6. The molecule has 1 heterocycles. The number of ether oxygens (including phenoxy) is 2. The number of alkyl halides is 2. The van der Waals surface area contributed by atoms with Crippen LogP contribution in [0.5, 0.6) is 17.4 Å². The van der Waals surface area contributed by atoms with Crippen molar-refractivity contribution in [2.24, 2.45) is 0 Å². The van der Waals surface area contributed by atoms with Crippen molar-refractivity contribution in [3.63, 3.8) is 0 Å². The molecule has 0 spiro atoms. The largest absolute Gasteiger partial charge is 0.493 e. The van der Waals surface area contributed by atoms with E-state index >= 15 is 0 Å². The first kappa shape index (κ1) is 15.2. The summed E-state index contributed by atoms with van der Waals surface area (Å²) in [6, 6.07) is 4.07. The number of hydrogen-bond acceptors (Lipinski definition) is 5. The van der Waals surface area contributed by atoms with Crippen molar-refractivity contribution in [3.05, 3.63) is 33.0 Å². The van der Waals surface area contributed by atoms with E-state index < -0.39 is 18.1 Å². The van der Waals surface area contributed by atoms with Crippen LogP contribution in [0.3, 0.4) is 0 Å². The molecule has 2 aromatic rings. The summed E-state index contributed by atoms with van der Waals surface area (Å²) in [6.45, 7) is -3.03. The average Bonchev–Trinajstić information content (AvgIpc) is 2.43. The molecule has 0 atom stereocenters. The first-order valence-corrected chi connectivity index (χ1v) is 6.33. The van der Waals surface area contributed by atoms with Crippen LogP contribution >= 0.6 is 15.9 Å². The van der Waals surface area contributed by atoms with Crippen molar-refractivity contribution in [2.45, 2.75) is 6.61 Å². The maximum absolute atomic E-state index is 12.4. The van der Waals surface area contributed by atoms with Gasteiger partial charge < -0.3 is 19.6 Å². The topological polar surface area (TPSA) is 84.4 Å². The summed E-state index contributed by atoms with van der Waals surface area (Å²) in [5.41, 5.74) is -0.337. The van der Waals surface area contributed by atoms with Gasteiger partial charge in [0, 0.05) is 5.56 Å². The van der Waals surface area contributed by atoms with E-state index in [0.29, 0.717) is 0 Å². The Labute approximate surface area is 125 Å². The van der Waals surface area contributed by atoms with Gasteiger partial charge in [-0.2, -0.15) is 13.8 Å². The molecule has 1 aromatic carbocycles. The summed E-state index contributed by atoms with van der Waals surface area (Å²) >= 11 is 2.86. The van der Waals surface area contributed by atoms with Crippen LogP contribution in [0.2, 0.25) is 0 Å². The van der Waals surface area contributed by atoms with Crippen molar-refractivity contribution in [2.75, 3.05) is 7.11 Å². The predicted octanol–water partition coefficient (Wildman–Crippen LogP) is 2.52. The van der Waals surface area contributed by atoms with Gasteiger partial charge in [0.2, 0.25) is 5.88 Å². The molecule has 0 fully saturated rings. The highest BCUT2D eigenvalue weighted by atomic mass is 79.9. The van der Waals surface area contributed by atoms with E-state index in [1.807, 2.05) is 0 Å². The summed E-state index contributed by atoms with van der Waals surface area (Å²) in [5.74, 6) is -0.624. The first-order valence-electron chi connectivity index (χ1n) is 5.54. The van der Waals surface area contributed by atoms with Crippen LogP contribution in [0.25, 0.3) is 11.4 Å². The Kier molecular flexibility index (Phi) is 4.41. The van der Waals surface area contributed by atoms with Crippen molar-refractivity contribution in [1.82, 2.24) is 9.97 Å². The quantitative estimate of drug-likeness (QED) is 0.872. The van der Waals surface area contributed by atoms with Gasteiger partial charge in [-0.25, -0.2) is 0 Å². The predicted molar refractivity (Wildman–Crippen MR) is 72.8 cm³/mol. The second kappa shape index (κ2) is 6.08. The van der Waals surface area contributed by atoms with Gasteiger partial charge in [-0.1, -0.05) is 0 Å². The molecule has 0 saturated carbocycles. The molecule has 0 aliphatic rings. The number of benzene rings is 1. The van der Waals surface area contributed by atoms with Crippen LogP contribution in [-0.4, -0.2) is 28.8 Å². The van der Waals surface area contributed by atoms with E-state index in [9.17, 15) is 18.7 Å². The molecular weight excluding hydrogens is 354 g/mol. The molecule has 0 amide bonds. The minimum absolute atomic E-state index is 0.00229. The summed E-state index contributed by atoms with van der Waals surface area (Å²) in [5, 5.41) is 9.50. The standard InChI is InChI=1S/C12H9BrF2N2O4/c1-20-6-3-2-5(4-7(6)21-12(14)15)9-16-10(18)8(13)11(19)17-9/h2-4,12H,1H3,(H2,16,17,18,19). The lowest BCUT2D eigenvalue weighted by atomic mass is 10.2. The van der Waals surface area contributed by atoms with Crippen molar-refractivity contribution < 1.29 is 23.4 Å². The third-order valence-corrected chi connectivity index (χ3v) is 3.21. The Morgan fingerprint density at radius 3 is 2.67 bits per heavy atom. The van der Waals surface area contributed by atoms with E-state index in [1.54, 1.807) is 0 Å². The number of rotatable bonds is 4. The highest BCUT2D eigenvalue weighted by Gasteiger charge is 2.14. The molecule has 0 aliphatic carbocycles. The first-order chi connectivity index (χ1) is 9.92. The minimum Gasteiger partial charge on any atom is -0.493 e. The lowest BCUT2D eigenvalue weighted by molar-refractivity contribution is -0.0511. The number of nitrogens with one attached hydrogen (secondary N) is 1. The molecule has 112 valence electrons. The number of halogens is 3. The van der Waals surface area contributed by atoms with E-state index in [4.69, 9.17) is 4.74 Å². The van der Waals surface area contributed by atoms with Gasteiger partial charge in [-0.3, -0.25) is 4.79 Å². The van der Waals surface area contributed by atoms with Crippen molar-refractivity contribution in [3.8, 4) is 28.8 Å². The Morgan fingerprint density at radius 1 is 1.38 bits per heavy atom. The van der Waals surface area contributed by atoms with E-state index in [1.165, 1.54) is 25.3 Å². The zero-order chi connectivity index (χ0) is 15.6. The van der Waals surface area contributed by atoms with Crippen LogP contribution in [0.15, 0.2) is 27.5 Å². The fraction of sp³-hybridized carbons (Fsp3) is 0.167. The van der Waals surface area contributed by atoms with Gasteiger partial charge in [0.15, 0.2) is 11.5 Å². The molecule has 0 aliphatic heterocycles. The Bertz CT molecular complexity index is 721. The number of hydrogen-bond donors (Lipinski definition) is 2. The molecule has 1 aromatic heterocycles. The zero-order valence-corrected chi connectivity index (χ0v) is 12.1. The summed E-state index contributed by atoms with van der Waals surface area (Å²) < 4.78 is 33.8. The van der Waals surface area contributed by atoms with Crippen molar-refractivity contribution in [1.29, 1.82) is 0 Å². The molecule has 0 radical (unpaired) electrons. The van der Waals surface area contributed by atoms with Gasteiger partial charge in [0.25, 0.3) is 5.56 Å². The summed E-state index contributed by atoms with van der Waals surface area (Å²) in [7, 11) is 1.30. The summed E-state index contributed by atoms with van der Waals surface area (Å²) in [6.07, 6.45) is 0. The Balaban J connectivity index is 2.52. The van der Waals surface area contributed by atoms with Gasteiger partial charge in [-0.05, 0) is 34.1 Å². The molecule has 2 N–H and O–H groups in total. The second-order valence-corrected chi connectivity index (χ2v) is 4.59. The van der Waals surface area contributed by atoms with E-state index in [-0.39, 0.29) is 27.4 Å². The fourth-order valence-electron chi connectivity index (χ4n) is 1.60. The molecule has 0 unspecified atom stereocenters. The summed E-state index contributed by atoms with van der Waals surface area (Å²) in [4.78, 5) is 17.7. The second-order valence-electron chi connectivity index (χ2n) is 3.80. The SMILES string of the molecule is COc1ccc(-c2nc(O)c(Br)c(=O)[nH]2)cc1OC(F)F. The van der Waals surface area contributed by atoms with Crippen molar-refractivity contribution >= 4 is 15.9 Å². The van der Waals surface area contributed by atoms with E-state index in [2.05, 4.69) is 30.6 Å². The monoisotopic (exact) mass is 362 g/mol. The lowest BCUT2D eigenvalue weighted by Crippen LogP contribution is -2.10. The van der Waals surface area contributed by atoms with E-state index in [0.717, 1.165) is 0 Å². The highest BCUT2D eigenvalue weighted by molar-refractivity contribution is 9.10. The maximum Gasteiger partial charge on any atom is 0.387 e. The third kappa shape index (κ3) is 3.30. The van der Waals surface area contributed by atoms with Gasteiger partial charge in [-0.15, -0.1) is 0 Å². The van der Waals surface area contributed by atoms with Gasteiger partial charge in [0.05, 0.1) is 7.11 Å². The van der Waals surface area contributed by atoms with Crippen LogP contribution in [0.4, 0.5) is 8.78 Å². The maximum atomic E-state index is 12.4. The number of nitrogens with zero attached hydrogens (tertiary/aromatic N) is 1. The highest BCUT2D eigenvalue weighted by Crippen LogP contribution is 2.33. The molecule has 21 heavy (non-hydrogen) atoms. The Morgan fingerprint density at radius 2 is 2.10 bits per heavy atom. The van der Waals surface area contributed by atoms with Crippen LogP contribution in [-0.2, 0) is 0 Å². The van der Waals surface area contributed by atoms with Crippen LogP contribution in [0, 0.1) is 0 Å². The molecule has 0 saturated heterocycles. The van der Waals surface area contributed by atoms with Crippen LogP contribution in [0.1, 0.15) is 0 Å². The van der Waals surface area contributed by atoms with Crippen LogP contribution < -0.4 is 15.0 Å². The number of methoxy groups -OCH3 is 1. The number of aromatic nitrogens is 2. The fourth-order valence-corrected chi connectivity index (χ4v) is 1.78. The smallest absolute Gasteiger partial charge is 0.387 e. The number of aromatic hydroxyl groups is 1. The molecule has 2 rings (SSSR count). The molecule has 6 nitrogen and oxygen atoms in total. The number of aromatic amines is 1. The minimum atomic E-state index is -3.03. The lowest BCUT2D eigenvalue weighted by Gasteiger charge is -2.11.